The van der Waals surface area contributed by atoms with E-state index in [1.807, 2.05) is 0 Å². The zero-order chi connectivity index (χ0) is 15.2. The Morgan fingerprint density at radius 3 is 2.05 bits per heavy atom. The van der Waals surface area contributed by atoms with Crippen LogP contribution in [0.3, 0.4) is 0 Å². The van der Waals surface area contributed by atoms with Crippen molar-refractivity contribution in [3.63, 3.8) is 0 Å². The SMILES string of the molecule is CCC(CO)(CO)NC(CC(F)(F)F)c1ccccc1. The van der Waals surface area contributed by atoms with E-state index in [1.54, 1.807) is 37.3 Å². The van der Waals surface area contributed by atoms with Crippen molar-refractivity contribution < 1.29 is 23.4 Å². The van der Waals surface area contributed by atoms with Crippen molar-refractivity contribution in [3.8, 4) is 0 Å². The van der Waals surface area contributed by atoms with Crippen LogP contribution in [0.5, 0.6) is 0 Å². The second-order valence-electron chi connectivity index (χ2n) is 4.88. The molecule has 1 atom stereocenters. The summed E-state index contributed by atoms with van der Waals surface area (Å²) in [6.45, 7) is 0.845. The third kappa shape index (κ3) is 4.77. The van der Waals surface area contributed by atoms with Gasteiger partial charge in [-0.05, 0) is 12.0 Å². The van der Waals surface area contributed by atoms with Gasteiger partial charge in [0.15, 0.2) is 0 Å². The van der Waals surface area contributed by atoms with Gasteiger partial charge in [0.2, 0.25) is 0 Å². The maximum atomic E-state index is 12.7. The van der Waals surface area contributed by atoms with E-state index in [4.69, 9.17) is 0 Å². The first-order valence-electron chi connectivity index (χ1n) is 6.47. The van der Waals surface area contributed by atoms with E-state index in [0.717, 1.165) is 0 Å². The van der Waals surface area contributed by atoms with Gasteiger partial charge >= 0.3 is 6.18 Å². The highest BCUT2D eigenvalue weighted by atomic mass is 19.4. The largest absolute Gasteiger partial charge is 0.394 e. The Hall–Kier alpha value is -1.11. The van der Waals surface area contributed by atoms with Crippen molar-refractivity contribution in [1.82, 2.24) is 5.32 Å². The van der Waals surface area contributed by atoms with Crippen molar-refractivity contribution in [3.05, 3.63) is 35.9 Å². The molecule has 0 saturated carbocycles. The highest BCUT2D eigenvalue weighted by Crippen LogP contribution is 2.31. The first-order chi connectivity index (χ1) is 9.36. The number of aliphatic hydroxyl groups is 2. The molecule has 0 aliphatic carbocycles. The quantitative estimate of drug-likeness (QED) is 0.723. The summed E-state index contributed by atoms with van der Waals surface area (Å²) >= 11 is 0. The van der Waals surface area contributed by atoms with Gasteiger partial charge < -0.3 is 10.2 Å². The van der Waals surface area contributed by atoms with Gasteiger partial charge in [-0.2, -0.15) is 13.2 Å². The summed E-state index contributed by atoms with van der Waals surface area (Å²) in [4.78, 5) is 0. The molecule has 20 heavy (non-hydrogen) atoms. The van der Waals surface area contributed by atoms with E-state index in [0.29, 0.717) is 12.0 Å². The fraction of sp³-hybridized carbons (Fsp3) is 0.571. The summed E-state index contributed by atoms with van der Waals surface area (Å²) in [6, 6.07) is 7.23. The molecular formula is C14H20F3NO2. The van der Waals surface area contributed by atoms with E-state index >= 15 is 0 Å². The Kier molecular flexibility index (Phi) is 5.98. The average molecular weight is 291 g/mol. The second-order valence-corrected chi connectivity index (χ2v) is 4.88. The number of alkyl halides is 3. The second kappa shape index (κ2) is 7.06. The fourth-order valence-corrected chi connectivity index (χ4v) is 2.01. The van der Waals surface area contributed by atoms with Gasteiger partial charge in [-0.3, -0.25) is 5.32 Å². The van der Waals surface area contributed by atoms with E-state index in [-0.39, 0.29) is 0 Å². The number of halogens is 3. The van der Waals surface area contributed by atoms with Crippen molar-refractivity contribution >= 4 is 0 Å². The number of hydrogen-bond donors (Lipinski definition) is 3. The lowest BCUT2D eigenvalue weighted by atomic mass is 9.93. The van der Waals surface area contributed by atoms with E-state index in [2.05, 4.69) is 5.32 Å². The minimum absolute atomic E-state index is 0.321. The summed E-state index contributed by atoms with van der Waals surface area (Å²) in [5.41, 5.74) is -0.643. The standard InChI is InChI=1S/C14H20F3NO2/c1-2-13(9-19,10-20)18-12(8-14(15,16)17)11-6-4-3-5-7-11/h3-7,12,18-20H,2,8-10H2,1H3. The molecule has 0 spiro atoms. The lowest BCUT2D eigenvalue weighted by Crippen LogP contribution is -2.53. The molecule has 0 fully saturated rings. The Morgan fingerprint density at radius 2 is 1.65 bits per heavy atom. The number of nitrogens with one attached hydrogen (secondary N) is 1. The van der Waals surface area contributed by atoms with Crippen LogP contribution in [0.25, 0.3) is 0 Å². The Labute approximate surface area is 116 Å². The summed E-state index contributed by atoms with van der Waals surface area (Å²) in [7, 11) is 0. The predicted molar refractivity (Wildman–Crippen MR) is 70.2 cm³/mol. The van der Waals surface area contributed by atoms with Crippen LogP contribution in [0.2, 0.25) is 0 Å². The van der Waals surface area contributed by atoms with Crippen molar-refractivity contribution in [2.45, 2.75) is 37.5 Å². The van der Waals surface area contributed by atoms with Crippen LogP contribution in [0, 0.1) is 0 Å². The smallest absolute Gasteiger partial charge is 0.390 e. The molecule has 0 saturated heterocycles. The van der Waals surface area contributed by atoms with Crippen LogP contribution in [0.15, 0.2) is 30.3 Å². The molecule has 0 heterocycles. The fourth-order valence-electron chi connectivity index (χ4n) is 2.01. The number of rotatable bonds is 7. The molecule has 1 aromatic carbocycles. The van der Waals surface area contributed by atoms with Crippen LogP contribution in [-0.2, 0) is 0 Å². The molecule has 0 aliphatic heterocycles. The number of hydrogen-bond acceptors (Lipinski definition) is 3. The molecule has 3 nitrogen and oxygen atoms in total. The minimum Gasteiger partial charge on any atom is -0.394 e. The van der Waals surface area contributed by atoms with Crippen molar-refractivity contribution in [1.29, 1.82) is 0 Å². The first-order valence-corrected chi connectivity index (χ1v) is 6.47. The lowest BCUT2D eigenvalue weighted by molar-refractivity contribution is -0.142. The third-order valence-corrected chi connectivity index (χ3v) is 3.40. The lowest BCUT2D eigenvalue weighted by Gasteiger charge is -2.35. The normalized spacial score (nSPS) is 14.3. The van der Waals surface area contributed by atoms with Gasteiger partial charge in [-0.1, -0.05) is 37.3 Å². The molecule has 1 aromatic rings. The van der Waals surface area contributed by atoms with Crippen molar-refractivity contribution in [2.24, 2.45) is 0 Å². The van der Waals surface area contributed by atoms with Gasteiger partial charge in [0.05, 0.1) is 25.2 Å². The van der Waals surface area contributed by atoms with E-state index in [1.165, 1.54) is 0 Å². The van der Waals surface area contributed by atoms with Gasteiger partial charge in [-0.25, -0.2) is 0 Å². The van der Waals surface area contributed by atoms with Crippen LogP contribution in [0.4, 0.5) is 13.2 Å². The highest BCUT2D eigenvalue weighted by Gasteiger charge is 2.37. The summed E-state index contributed by atoms with van der Waals surface area (Å²) in [5.74, 6) is 0. The zero-order valence-electron chi connectivity index (χ0n) is 11.3. The Bertz CT molecular complexity index is 383. The molecule has 0 aromatic heterocycles. The molecule has 0 radical (unpaired) electrons. The van der Waals surface area contributed by atoms with Crippen LogP contribution < -0.4 is 5.32 Å². The molecule has 3 N–H and O–H groups in total. The van der Waals surface area contributed by atoms with Gasteiger partial charge in [-0.15, -0.1) is 0 Å². The van der Waals surface area contributed by atoms with Crippen LogP contribution >= 0.6 is 0 Å². The monoisotopic (exact) mass is 291 g/mol. The van der Waals surface area contributed by atoms with Gasteiger partial charge in [0.1, 0.15) is 0 Å². The Balaban J connectivity index is 2.99. The Morgan fingerprint density at radius 1 is 1.10 bits per heavy atom. The number of aliphatic hydroxyl groups excluding tert-OH is 2. The number of benzene rings is 1. The van der Waals surface area contributed by atoms with Gasteiger partial charge in [0.25, 0.3) is 0 Å². The van der Waals surface area contributed by atoms with E-state index in [9.17, 15) is 23.4 Å². The molecule has 1 rings (SSSR count). The minimum atomic E-state index is -4.34. The van der Waals surface area contributed by atoms with Gasteiger partial charge in [0, 0.05) is 6.04 Å². The molecule has 1 unspecified atom stereocenters. The molecule has 0 bridgehead atoms. The molecule has 0 amide bonds. The first kappa shape index (κ1) is 16.9. The summed E-state index contributed by atoms with van der Waals surface area (Å²) < 4.78 is 38.1. The third-order valence-electron chi connectivity index (χ3n) is 3.40. The summed E-state index contributed by atoms with van der Waals surface area (Å²) in [5, 5.41) is 21.5. The average Bonchev–Trinajstić information content (AvgIpc) is 2.43. The molecule has 6 heteroatoms. The maximum absolute atomic E-state index is 12.7. The van der Waals surface area contributed by atoms with Crippen LogP contribution in [-0.4, -0.2) is 35.1 Å². The summed E-state index contributed by atoms with van der Waals surface area (Å²) in [6.07, 6.45) is -5.07. The maximum Gasteiger partial charge on any atom is 0.390 e. The topological polar surface area (TPSA) is 52.5 Å². The molecule has 0 aliphatic rings. The zero-order valence-corrected chi connectivity index (χ0v) is 11.3. The van der Waals surface area contributed by atoms with Crippen molar-refractivity contribution in [2.75, 3.05) is 13.2 Å². The molecular weight excluding hydrogens is 271 g/mol. The highest BCUT2D eigenvalue weighted by molar-refractivity contribution is 5.20. The van der Waals surface area contributed by atoms with E-state index < -0.39 is 37.4 Å². The van der Waals surface area contributed by atoms with Crippen LogP contribution in [0.1, 0.15) is 31.4 Å². The predicted octanol–water partition coefficient (Wildman–Crippen LogP) is 2.40. The molecule has 114 valence electrons.